The van der Waals surface area contributed by atoms with Gasteiger partial charge in [-0.25, -0.2) is 8.42 Å². The molecule has 0 radical (unpaired) electrons. The first-order valence-corrected chi connectivity index (χ1v) is 14.7. The van der Waals surface area contributed by atoms with Gasteiger partial charge in [-0.1, -0.05) is 42.6 Å². The first kappa shape index (κ1) is 30.7. The van der Waals surface area contributed by atoms with Gasteiger partial charge in [0.25, 0.3) is 0 Å². The van der Waals surface area contributed by atoms with Gasteiger partial charge in [0.05, 0.1) is 19.1 Å². The summed E-state index contributed by atoms with van der Waals surface area (Å²) >= 11 is 12.4. The summed E-state index contributed by atoms with van der Waals surface area (Å²) in [4.78, 5) is 27.6. The molecule has 0 aliphatic carbocycles. The molecule has 0 bridgehead atoms. The fourth-order valence-electron chi connectivity index (χ4n) is 3.70. The van der Waals surface area contributed by atoms with Gasteiger partial charge in [-0.2, -0.15) is 0 Å². The van der Waals surface area contributed by atoms with Crippen LogP contribution < -0.4 is 14.4 Å². The Morgan fingerprint density at radius 1 is 1.08 bits per heavy atom. The van der Waals surface area contributed by atoms with Crippen molar-refractivity contribution in [2.75, 3.05) is 30.8 Å². The molecule has 2 aromatic rings. The number of sulfonamides is 1. The van der Waals surface area contributed by atoms with Gasteiger partial charge in [0.1, 0.15) is 11.8 Å². The van der Waals surface area contributed by atoms with Crippen molar-refractivity contribution in [2.24, 2.45) is 0 Å². The SMILES string of the molecule is CCCCNC(=O)[C@@H](C)N(Cc1ccc(Cl)cc1Cl)C(=O)CCCN(c1ccc(OC)cc1)S(C)(=O)=O. The van der Waals surface area contributed by atoms with Crippen LogP contribution in [0.25, 0.3) is 0 Å². The van der Waals surface area contributed by atoms with Crippen molar-refractivity contribution in [1.82, 2.24) is 10.2 Å². The Morgan fingerprint density at radius 3 is 2.32 bits per heavy atom. The van der Waals surface area contributed by atoms with E-state index in [4.69, 9.17) is 27.9 Å². The van der Waals surface area contributed by atoms with Crippen molar-refractivity contribution >= 4 is 50.7 Å². The Bertz CT molecular complexity index is 1160. The number of carbonyl (C=O) groups is 2. The molecule has 0 saturated heterocycles. The van der Waals surface area contributed by atoms with Gasteiger partial charge in [0.2, 0.25) is 21.8 Å². The zero-order chi connectivity index (χ0) is 27.6. The van der Waals surface area contributed by atoms with E-state index in [1.807, 2.05) is 6.92 Å². The third kappa shape index (κ3) is 9.39. The van der Waals surface area contributed by atoms with Gasteiger partial charge in [0, 0.05) is 36.1 Å². The Labute approximate surface area is 229 Å². The lowest BCUT2D eigenvalue weighted by atomic mass is 10.1. The van der Waals surface area contributed by atoms with Crippen LogP contribution in [0.15, 0.2) is 42.5 Å². The second kappa shape index (κ2) is 14.4. The Kier molecular flexibility index (Phi) is 12.0. The van der Waals surface area contributed by atoms with E-state index in [9.17, 15) is 18.0 Å². The maximum Gasteiger partial charge on any atom is 0.242 e. The molecule has 0 aromatic heterocycles. The van der Waals surface area contributed by atoms with Crippen LogP contribution in [0.1, 0.15) is 45.1 Å². The number of halogens is 2. The van der Waals surface area contributed by atoms with Crippen LogP contribution in [-0.4, -0.2) is 57.6 Å². The highest BCUT2D eigenvalue weighted by Crippen LogP contribution is 2.25. The second-order valence-electron chi connectivity index (χ2n) is 8.71. The number of nitrogens with zero attached hydrogens (tertiary/aromatic N) is 2. The molecular formula is C26H35Cl2N3O5S. The lowest BCUT2D eigenvalue weighted by Crippen LogP contribution is -2.48. The lowest BCUT2D eigenvalue weighted by Gasteiger charge is -2.30. The first-order chi connectivity index (χ1) is 17.5. The molecule has 1 N–H and O–H groups in total. The Balaban J connectivity index is 2.17. The van der Waals surface area contributed by atoms with Crippen LogP contribution >= 0.6 is 23.2 Å². The predicted octanol–water partition coefficient (Wildman–Crippen LogP) is 4.88. The molecule has 204 valence electrons. The molecular weight excluding hydrogens is 537 g/mol. The second-order valence-corrected chi connectivity index (χ2v) is 11.5. The standard InChI is InChI=1S/C26H35Cl2N3O5S/c1-5-6-15-29-26(33)19(2)30(18-20-9-10-21(27)17-24(20)28)25(32)8-7-16-31(37(4,34)35)22-11-13-23(36-3)14-12-22/h9-14,17,19H,5-8,15-16,18H2,1-4H3,(H,29,33)/t19-/m1/s1. The minimum absolute atomic E-state index is 0.0416. The third-order valence-corrected chi connectivity index (χ3v) is 7.65. The molecule has 2 amide bonds. The summed E-state index contributed by atoms with van der Waals surface area (Å²) in [6, 6.07) is 10.9. The molecule has 0 spiro atoms. The number of hydrogen-bond acceptors (Lipinski definition) is 5. The highest BCUT2D eigenvalue weighted by Gasteiger charge is 2.27. The molecule has 8 nitrogen and oxygen atoms in total. The van der Waals surface area contributed by atoms with Gasteiger partial charge in [-0.05, 0) is 61.7 Å². The molecule has 37 heavy (non-hydrogen) atoms. The molecule has 1 atom stereocenters. The average molecular weight is 573 g/mol. The van der Waals surface area contributed by atoms with E-state index >= 15 is 0 Å². The van der Waals surface area contributed by atoms with Crippen LogP contribution in [-0.2, 0) is 26.2 Å². The van der Waals surface area contributed by atoms with Gasteiger partial charge in [-0.15, -0.1) is 0 Å². The van der Waals surface area contributed by atoms with E-state index in [1.54, 1.807) is 49.4 Å². The van der Waals surface area contributed by atoms with E-state index in [0.717, 1.165) is 19.1 Å². The van der Waals surface area contributed by atoms with Crippen molar-refractivity contribution in [3.63, 3.8) is 0 Å². The molecule has 0 fully saturated rings. The summed E-state index contributed by atoms with van der Waals surface area (Å²) in [5.74, 6) is 0.0605. The maximum absolute atomic E-state index is 13.3. The molecule has 0 aliphatic heterocycles. The third-order valence-electron chi connectivity index (χ3n) is 5.87. The number of carbonyl (C=O) groups excluding carboxylic acids is 2. The monoisotopic (exact) mass is 571 g/mol. The fraction of sp³-hybridized carbons (Fsp3) is 0.462. The van der Waals surface area contributed by atoms with Crippen molar-refractivity contribution in [1.29, 1.82) is 0 Å². The number of nitrogens with one attached hydrogen (secondary N) is 1. The van der Waals surface area contributed by atoms with Gasteiger partial charge in [0.15, 0.2) is 0 Å². The van der Waals surface area contributed by atoms with Gasteiger partial charge in [-0.3, -0.25) is 13.9 Å². The number of unbranched alkanes of at least 4 members (excludes halogenated alkanes) is 1. The zero-order valence-electron chi connectivity index (χ0n) is 21.7. The van der Waals surface area contributed by atoms with Crippen LogP contribution in [0.5, 0.6) is 5.75 Å². The summed E-state index contributed by atoms with van der Waals surface area (Å²) < 4.78 is 31.3. The normalized spacial score (nSPS) is 12.1. The fourth-order valence-corrected chi connectivity index (χ4v) is 5.14. The smallest absolute Gasteiger partial charge is 0.242 e. The Hall–Kier alpha value is -2.49. The summed E-state index contributed by atoms with van der Waals surface area (Å²) in [6.45, 7) is 4.44. The minimum Gasteiger partial charge on any atom is -0.497 e. The summed E-state index contributed by atoms with van der Waals surface area (Å²) in [5, 5.41) is 3.73. The summed E-state index contributed by atoms with van der Waals surface area (Å²) in [6.07, 6.45) is 3.19. The number of rotatable bonds is 14. The molecule has 11 heteroatoms. The maximum atomic E-state index is 13.3. The van der Waals surface area contributed by atoms with Gasteiger partial charge < -0.3 is 15.0 Å². The molecule has 2 aromatic carbocycles. The van der Waals surface area contributed by atoms with E-state index < -0.39 is 16.1 Å². The molecule has 0 aliphatic rings. The van der Waals surface area contributed by atoms with Gasteiger partial charge >= 0.3 is 0 Å². The van der Waals surface area contributed by atoms with E-state index in [1.165, 1.54) is 16.3 Å². The number of hydrogen-bond donors (Lipinski definition) is 1. The number of methoxy groups -OCH3 is 1. The summed E-state index contributed by atoms with van der Waals surface area (Å²) in [5.41, 5.74) is 1.13. The van der Waals surface area contributed by atoms with Crippen LogP contribution in [0.2, 0.25) is 10.0 Å². The number of ether oxygens (including phenoxy) is 1. The van der Waals surface area contributed by atoms with Crippen molar-refractivity contribution < 1.29 is 22.7 Å². The largest absolute Gasteiger partial charge is 0.497 e. The zero-order valence-corrected chi connectivity index (χ0v) is 24.0. The Morgan fingerprint density at radius 2 is 1.76 bits per heavy atom. The topological polar surface area (TPSA) is 96.0 Å². The quantitative estimate of drug-likeness (QED) is 0.326. The molecule has 0 saturated carbocycles. The number of benzene rings is 2. The van der Waals surface area contributed by atoms with E-state index in [0.29, 0.717) is 33.6 Å². The molecule has 2 rings (SSSR count). The molecule has 0 unspecified atom stereocenters. The van der Waals surface area contributed by atoms with Crippen LogP contribution in [0.3, 0.4) is 0 Å². The number of anilines is 1. The lowest BCUT2D eigenvalue weighted by molar-refractivity contribution is -0.140. The molecule has 0 heterocycles. The van der Waals surface area contributed by atoms with Crippen molar-refractivity contribution in [3.8, 4) is 5.75 Å². The summed E-state index contributed by atoms with van der Waals surface area (Å²) in [7, 11) is -2.05. The van der Waals surface area contributed by atoms with E-state index in [2.05, 4.69) is 5.32 Å². The minimum atomic E-state index is -3.58. The van der Waals surface area contributed by atoms with Crippen LogP contribution in [0.4, 0.5) is 5.69 Å². The van der Waals surface area contributed by atoms with E-state index in [-0.39, 0.29) is 37.7 Å². The van der Waals surface area contributed by atoms with Crippen LogP contribution in [0, 0.1) is 0 Å². The van der Waals surface area contributed by atoms with Crippen molar-refractivity contribution in [2.45, 2.75) is 52.1 Å². The highest BCUT2D eigenvalue weighted by molar-refractivity contribution is 7.92. The highest BCUT2D eigenvalue weighted by atomic mass is 35.5. The predicted molar refractivity (Wildman–Crippen MR) is 149 cm³/mol. The number of amides is 2. The first-order valence-electron chi connectivity index (χ1n) is 12.1. The van der Waals surface area contributed by atoms with Crippen molar-refractivity contribution in [3.05, 3.63) is 58.1 Å². The average Bonchev–Trinajstić information content (AvgIpc) is 2.85.